The van der Waals surface area contributed by atoms with Crippen molar-refractivity contribution in [1.82, 2.24) is 9.13 Å². The summed E-state index contributed by atoms with van der Waals surface area (Å²) in [5, 5.41) is -2.09. The summed E-state index contributed by atoms with van der Waals surface area (Å²) in [5.41, 5.74) is -5.88. The quantitative estimate of drug-likeness (QED) is 0.164. The minimum Gasteiger partial charge on any atom is -0.454 e. The van der Waals surface area contributed by atoms with Gasteiger partial charge in [0.25, 0.3) is 0 Å². The summed E-state index contributed by atoms with van der Waals surface area (Å²) in [6.07, 6.45) is 0. The van der Waals surface area contributed by atoms with E-state index in [4.69, 9.17) is 20.9 Å². The minimum atomic E-state index is -0.888. The summed E-state index contributed by atoms with van der Waals surface area (Å²) < 4.78 is 264. The molecular weight excluding hydrogens is 765 g/mol. The number of nitrogens with zero attached hydrogens (tertiary/aromatic N) is 2. The van der Waals surface area contributed by atoms with Crippen LogP contribution in [-0.2, 0) is 0 Å². The molecule has 0 aliphatic carbocycles. The van der Waals surface area contributed by atoms with Crippen molar-refractivity contribution < 1.29 is 42.8 Å². The Kier molecular flexibility index (Phi) is 3.92. The number of hydrogen-bond donors (Lipinski definition) is 0. The molecule has 3 heterocycles. The molecular formula is C60H38N2O. The Morgan fingerprint density at radius 3 is 1.78 bits per heavy atom. The van der Waals surface area contributed by atoms with Gasteiger partial charge in [0.15, 0.2) is 5.58 Å². The molecule has 0 unspecified atom stereocenters. The molecule has 3 aromatic heterocycles. The van der Waals surface area contributed by atoms with Crippen LogP contribution in [0.2, 0.25) is 0 Å². The number of benzene rings is 10. The van der Waals surface area contributed by atoms with E-state index in [1.54, 1.807) is 30.3 Å². The molecule has 0 N–H and O–H groups in total. The Labute approximate surface area is 403 Å². The Balaban J connectivity index is 1.08. The third kappa shape index (κ3) is 5.67. The van der Waals surface area contributed by atoms with Crippen LogP contribution in [0.5, 0.6) is 0 Å². The maximum atomic E-state index is 10.0. The highest BCUT2D eigenvalue weighted by Gasteiger charge is 2.19. The molecule has 0 bridgehead atoms. The molecule has 13 aromatic rings. The van der Waals surface area contributed by atoms with Crippen molar-refractivity contribution in [2.75, 3.05) is 0 Å². The molecule has 3 heteroatoms. The summed E-state index contributed by atoms with van der Waals surface area (Å²) in [7, 11) is 0. The van der Waals surface area contributed by atoms with Crippen LogP contribution in [-0.4, -0.2) is 9.13 Å². The molecule has 0 spiro atoms. The topological polar surface area (TPSA) is 23.0 Å². The zero-order chi connectivity index (χ0) is 65.8. The molecule has 0 aliphatic heterocycles. The maximum Gasteiger partial charge on any atom is 0.159 e. The van der Waals surface area contributed by atoms with E-state index in [0.717, 1.165) is 34.9 Å². The summed E-state index contributed by atoms with van der Waals surface area (Å²) in [4.78, 5) is 0. The van der Waals surface area contributed by atoms with Crippen molar-refractivity contribution in [1.29, 1.82) is 0 Å². The van der Waals surface area contributed by atoms with Crippen LogP contribution < -0.4 is 0 Å². The lowest BCUT2D eigenvalue weighted by Gasteiger charge is -2.10. The highest BCUT2D eigenvalue weighted by molar-refractivity contribution is 6.15. The fraction of sp³-hybridized carbons (Fsp3) is 0. The Morgan fingerprint density at radius 2 is 0.937 bits per heavy atom. The predicted octanol–water partition coefficient (Wildman–Crippen LogP) is 16.4. The van der Waals surface area contributed by atoms with Gasteiger partial charge in [-0.25, -0.2) is 0 Å². The molecule has 13 rings (SSSR count). The van der Waals surface area contributed by atoms with E-state index in [1.807, 2.05) is 0 Å². The first kappa shape index (κ1) is 17.5. The van der Waals surface area contributed by atoms with Crippen LogP contribution in [0.4, 0.5) is 0 Å². The summed E-state index contributed by atoms with van der Waals surface area (Å²) >= 11 is 0. The molecule has 63 heavy (non-hydrogen) atoms. The zero-order valence-corrected chi connectivity index (χ0v) is 32.1. The van der Waals surface area contributed by atoms with Crippen molar-refractivity contribution in [2.45, 2.75) is 0 Å². The van der Waals surface area contributed by atoms with Gasteiger partial charge in [0.1, 0.15) is 5.58 Å². The lowest BCUT2D eigenvalue weighted by molar-refractivity contribution is 0.666. The molecule has 0 saturated carbocycles. The molecule has 0 amide bonds. The molecule has 0 fully saturated rings. The van der Waals surface area contributed by atoms with Crippen LogP contribution in [0.1, 0.15) is 38.4 Å². The zero-order valence-electron chi connectivity index (χ0n) is 60.1. The van der Waals surface area contributed by atoms with Gasteiger partial charge in [0.2, 0.25) is 0 Å². The van der Waals surface area contributed by atoms with E-state index in [0.29, 0.717) is 5.69 Å². The van der Waals surface area contributed by atoms with E-state index >= 15 is 0 Å². The number of para-hydroxylation sites is 4. The molecule has 0 aliphatic rings. The minimum absolute atomic E-state index is 0.0332. The molecule has 0 atom stereocenters. The van der Waals surface area contributed by atoms with Gasteiger partial charge in [-0.1, -0.05) is 157 Å². The third-order valence-electron chi connectivity index (χ3n) is 10.7. The van der Waals surface area contributed by atoms with Crippen molar-refractivity contribution in [3.8, 4) is 55.9 Å². The normalized spacial score (nSPS) is 18.0. The number of rotatable bonds is 6. The van der Waals surface area contributed by atoms with Crippen molar-refractivity contribution in [3.63, 3.8) is 0 Å². The van der Waals surface area contributed by atoms with Gasteiger partial charge < -0.3 is 13.6 Å². The monoisotopic (exact) mass is 830 g/mol. The van der Waals surface area contributed by atoms with Gasteiger partial charge in [-0.3, -0.25) is 0 Å². The van der Waals surface area contributed by atoms with E-state index in [-0.39, 0.29) is 51.1 Å². The van der Waals surface area contributed by atoms with Crippen LogP contribution in [0.3, 0.4) is 0 Å². The van der Waals surface area contributed by atoms with Gasteiger partial charge in [-0.2, -0.15) is 0 Å². The number of aromatic nitrogens is 2. The first-order chi connectivity index (χ1) is 42.9. The largest absolute Gasteiger partial charge is 0.454 e. The van der Waals surface area contributed by atoms with Gasteiger partial charge in [-0.05, 0) is 117 Å². The fourth-order valence-electron chi connectivity index (χ4n) is 7.86. The van der Waals surface area contributed by atoms with Crippen molar-refractivity contribution in [3.05, 3.63) is 230 Å². The Hall–Kier alpha value is -8.40. The molecule has 0 saturated heterocycles. The summed E-state index contributed by atoms with van der Waals surface area (Å²) in [6.45, 7) is 0. The second kappa shape index (κ2) is 14.1. The first-order valence-electron chi connectivity index (χ1n) is 33.3. The maximum absolute atomic E-state index is 10.0. The third-order valence-corrected chi connectivity index (χ3v) is 10.7. The summed E-state index contributed by atoms with van der Waals surface area (Å²) in [5.74, 6) is 0. The second-order valence-corrected chi connectivity index (χ2v) is 14.3. The lowest BCUT2D eigenvalue weighted by atomic mass is 9.96. The Morgan fingerprint density at radius 1 is 0.317 bits per heavy atom. The SMILES string of the molecule is [2H]c1cc([2H])c(-c2c([2H])c([2H])c([2H])c(-c3cc([2H])c(-c4c([2H])c([2H])c5oc6c(-n7c8c([2H])c([2H])c([2H])c([2H])c8c8c([2H])c(-c9cc([2H])c%10c(c9[2H])c9c([2H])c([2H])c([2H])c([2H])c9n%10-c9ccccc9)c([2H])c([2H])c87)cc([2H])c([2H])c6c5c4[2H])c([2H])c3[2H])c2[2H])cc1[2H]. The number of fused-ring (bicyclic) bond motifs is 9. The van der Waals surface area contributed by atoms with E-state index in [2.05, 4.69) is 0 Å². The molecule has 10 aromatic carbocycles. The van der Waals surface area contributed by atoms with Gasteiger partial charge >= 0.3 is 0 Å². The number of hydrogen-bond acceptors (Lipinski definition) is 1. The lowest BCUT2D eigenvalue weighted by Crippen LogP contribution is -1.94. The predicted molar refractivity (Wildman–Crippen MR) is 264 cm³/mol. The van der Waals surface area contributed by atoms with Gasteiger partial charge in [0, 0.05) is 38.0 Å². The highest BCUT2D eigenvalue weighted by atomic mass is 16.3. The number of furan rings is 1. The average molecular weight is 831 g/mol. The second-order valence-electron chi connectivity index (χ2n) is 14.3. The molecule has 294 valence electrons. The fourth-order valence-corrected chi connectivity index (χ4v) is 7.86. The Bertz CT molecular complexity index is 5570. The first-order valence-corrected chi connectivity index (χ1v) is 19.3. The average Bonchev–Trinajstić information content (AvgIpc) is 1.56. The van der Waals surface area contributed by atoms with Gasteiger partial charge in [0.05, 0.1) is 66.1 Å². The molecule has 3 nitrogen and oxygen atoms in total. The smallest absolute Gasteiger partial charge is 0.159 e. The van der Waals surface area contributed by atoms with E-state index < -0.39 is 234 Å². The van der Waals surface area contributed by atoms with Crippen molar-refractivity contribution >= 4 is 65.6 Å². The van der Waals surface area contributed by atoms with Crippen LogP contribution >= 0.6 is 0 Å². The molecule has 0 radical (unpaired) electrons. The van der Waals surface area contributed by atoms with Crippen LogP contribution in [0.25, 0.3) is 121 Å². The van der Waals surface area contributed by atoms with E-state index in [1.165, 1.54) is 4.57 Å². The van der Waals surface area contributed by atoms with Gasteiger partial charge in [-0.15, -0.1) is 0 Å². The highest BCUT2D eigenvalue weighted by Crippen LogP contribution is 2.41. The van der Waals surface area contributed by atoms with Crippen LogP contribution in [0, 0.1) is 0 Å². The van der Waals surface area contributed by atoms with Crippen LogP contribution in [0.15, 0.2) is 234 Å². The summed E-state index contributed by atoms with van der Waals surface area (Å²) in [6, 6.07) is -5.61. The van der Waals surface area contributed by atoms with Crippen molar-refractivity contribution in [2.24, 2.45) is 0 Å². The van der Waals surface area contributed by atoms with E-state index in [9.17, 15) is 21.9 Å². The standard InChI is InChI=1S/C60H38N2O/c1-3-13-39(14-4-1)42-15-11-16-43(35-42)40-25-27-41(28-26-40)44-31-34-59-53(38-44)50-21-12-24-58(60(50)63-59)62-55-23-10-8-20-49(55)52-37-46(30-33-57(52)62)45-29-32-56-51(36-45)48-19-7-9-22-54(48)61(56)47-17-5-2-6-18-47/h1-38H/i1D,3D,7D,8D,9D,10D,11D,12D,14D,15D,16D,19D,20D,21D,22D,23D,25D,27D,28D,30D,31D,32D,33D,34D,35D,36D,37D,38D.